The fourth-order valence-electron chi connectivity index (χ4n) is 3.63. The van der Waals surface area contributed by atoms with Crippen LogP contribution in [0.2, 0.25) is 0 Å². The SMILES string of the molecule is CCOC(=O)CC(C)c1cc(N)c(N(CC(C)C)C2CCOCC2)c(F)c1. The molecule has 1 fully saturated rings. The summed E-state index contributed by atoms with van der Waals surface area (Å²) in [6, 6.07) is 3.54. The van der Waals surface area contributed by atoms with E-state index < -0.39 is 0 Å². The quantitative estimate of drug-likeness (QED) is 0.543. The summed E-state index contributed by atoms with van der Waals surface area (Å²) in [6.07, 6.45) is 1.95. The molecule has 1 unspecified atom stereocenters. The minimum atomic E-state index is -0.326. The minimum absolute atomic E-state index is 0.156. The van der Waals surface area contributed by atoms with Gasteiger partial charge in [0.05, 0.1) is 24.4 Å². The van der Waals surface area contributed by atoms with Crippen LogP contribution in [-0.2, 0) is 14.3 Å². The van der Waals surface area contributed by atoms with Gasteiger partial charge in [-0.25, -0.2) is 4.39 Å². The molecule has 1 aromatic carbocycles. The average Bonchev–Trinajstić information content (AvgIpc) is 2.60. The van der Waals surface area contributed by atoms with Crippen molar-refractivity contribution in [3.05, 3.63) is 23.5 Å². The van der Waals surface area contributed by atoms with Crippen LogP contribution in [0.5, 0.6) is 0 Å². The van der Waals surface area contributed by atoms with Gasteiger partial charge in [0.15, 0.2) is 0 Å². The molecule has 5 nitrogen and oxygen atoms in total. The van der Waals surface area contributed by atoms with Crippen LogP contribution in [0.4, 0.5) is 15.8 Å². The van der Waals surface area contributed by atoms with E-state index >= 15 is 4.39 Å². The van der Waals surface area contributed by atoms with Crippen molar-refractivity contribution in [1.29, 1.82) is 0 Å². The molecule has 0 aliphatic carbocycles. The highest BCUT2D eigenvalue weighted by atomic mass is 19.1. The number of esters is 1. The maximum Gasteiger partial charge on any atom is 0.306 e. The number of rotatable bonds is 8. The third-order valence-corrected chi connectivity index (χ3v) is 4.94. The number of hydrogen-bond acceptors (Lipinski definition) is 5. The zero-order valence-corrected chi connectivity index (χ0v) is 17.0. The standard InChI is InChI=1S/C21H33FN2O3/c1-5-27-20(25)10-15(4)16-11-18(22)21(19(23)12-16)24(13-14(2)3)17-6-8-26-9-7-17/h11-12,14-15,17H,5-10,13,23H2,1-4H3. The normalized spacial score (nSPS) is 16.4. The van der Waals surface area contributed by atoms with E-state index in [1.807, 2.05) is 6.92 Å². The number of nitrogen functional groups attached to an aromatic ring is 1. The van der Waals surface area contributed by atoms with Crippen molar-refractivity contribution in [3.63, 3.8) is 0 Å². The number of benzene rings is 1. The average molecular weight is 381 g/mol. The Morgan fingerprint density at radius 1 is 1.33 bits per heavy atom. The second-order valence-electron chi connectivity index (χ2n) is 7.74. The first-order valence-electron chi connectivity index (χ1n) is 9.92. The Labute approximate surface area is 162 Å². The molecule has 0 saturated carbocycles. The smallest absolute Gasteiger partial charge is 0.306 e. The van der Waals surface area contributed by atoms with Crippen molar-refractivity contribution in [2.75, 3.05) is 37.0 Å². The molecule has 6 heteroatoms. The molecule has 1 heterocycles. The fourth-order valence-corrected chi connectivity index (χ4v) is 3.63. The van der Waals surface area contributed by atoms with Crippen LogP contribution in [0.1, 0.15) is 58.4 Å². The summed E-state index contributed by atoms with van der Waals surface area (Å²) < 4.78 is 25.6. The maximum absolute atomic E-state index is 15.1. The van der Waals surface area contributed by atoms with Gasteiger partial charge in [0.1, 0.15) is 5.82 Å². The molecule has 2 N–H and O–H groups in total. The summed E-state index contributed by atoms with van der Waals surface area (Å²) in [6.45, 7) is 10.4. The van der Waals surface area contributed by atoms with Crippen LogP contribution < -0.4 is 10.6 Å². The fraction of sp³-hybridized carbons (Fsp3) is 0.667. The van der Waals surface area contributed by atoms with E-state index in [1.165, 1.54) is 6.07 Å². The molecule has 1 atom stereocenters. The molecular formula is C21H33FN2O3. The van der Waals surface area contributed by atoms with Gasteiger partial charge in [0.25, 0.3) is 0 Å². The van der Waals surface area contributed by atoms with Crippen LogP contribution in [0, 0.1) is 11.7 Å². The third kappa shape index (κ3) is 5.83. The van der Waals surface area contributed by atoms with E-state index in [4.69, 9.17) is 15.2 Å². The molecule has 1 aliphatic heterocycles. The summed E-state index contributed by atoms with van der Waals surface area (Å²) in [5, 5.41) is 0. The maximum atomic E-state index is 15.1. The highest BCUT2D eigenvalue weighted by Crippen LogP contribution is 2.35. The van der Waals surface area contributed by atoms with Crippen LogP contribution >= 0.6 is 0 Å². The number of carbonyl (C=O) groups is 1. The molecule has 0 amide bonds. The van der Waals surface area contributed by atoms with E-state index in [2.05, 4.69) is 18.7 Å². The third-order valence-electron chi connectivity index (χ3n) is 4.94. The van der Waals surface area contributed by atoms with Gasteiger partial charge in [-0.05, 0) is 49.3 Å². The Kier molecular flexibility index (Phi) is 7.90. The molecule has 0 aromatic heterocycles. The molecule has 1 saturated heterocycles. The van der Waals surface area contributed by atoms with E-state index in [1.54, 1.807) is 13.0 Å². The molecule has 0 bridgehead atoms. The Morgan fingerprint density at radius 2 is 2.00 bits per heavy atom. The predicted octanol–water partition coefficient (Wildman–Crippen LogP) is 4.11. The van der Waals surface area contributed by atoms with Crippen molar-refractivity contribution < 1.29 is 18.7 Å². The number of hydrogen-bond donors (Lipinski definition) is 1. The number of halogens is 1. The lowest BCUT2D eigenvalue weighted by Gasteiger charge is -2.38. The van der Waals surface area contributed by atoms with E-state index in [0.29, 0.717) is 37.1 Å². The van der Waals surface area contributed by atoms with Crippen molar-refractivity contribution >= 4 is 17.3 Å². The second kappa shape index (κ2) is 9.93. The lowest BCUT2D eigenvalue weighted by atomic mass is 9.95. The van der Waals surface area contributed by atoms with Crippen LogP contribution in [0.25, 0.3) is 0 Å². The topological polar surface area (TPSA) is 64.8 Å². The van der Waals surface area contributed by atoms with E-state index in [-0.39, 0.29) is 30.2 Å². The molecule has 1 aliphatic rings. The summed E-state index contributed by atoms with van der Waals surface area (Å²) in [5.74, 6) is -0.380. The molecule has 0 radical (unpaired) electrons. The number of nitrogens with two attached hydrogens (primary N) is 1. The molecular weight excluding hydrogens is 347 g/mol. The van der Waals surface area contributed by atoms with Gasteiger partial charge in [-0.2, -0.15) is 0 Å². The van der Waals surface area contributed by atoms with Gasteiger partial charge in [-0.3, -0.25) is 4.79 Å². The Hall–Kier alpha value is -1.82. The summed E-state index contributed by atoms with van der Waals surface area (Å²) in [5.41, 5.74) is 7.92. The highest BCUT2D eigenvalue weighted by Gasteiger charge is 2.27. The Balaban J connectivity index is 2.28. The number of ether oxygens (including phenoxy) is 2. The minimum Gasteiger partial charge on any atom is -0.466 e. The highest BCUT2D eigenvalue weighted by molar-refractivity contribution is 5.72. The van der Waals surface area contributed by atoms with Crippen LogP contribution in [-0.4, -0.2) is 38.4 Å². The second-order valence-corrected chi connectivity index (χ2v) is 7.74. The largest absolute Gasteiger partial charge is 0.466 e. The van der Waals surface area contributed by atoms with Gasteiger partial charge < -0.3 is 20.1 Å². The first kappa shape index (κ1) is 21.5. The lowest BCUT2D eigenvalue weighted by molar-refractivity contribution is -0.143. The van der Waals surface area contributed by atoms with Crippen molar-refractivity contribution in [2.24, 2.45) is 5.92 Å². The first-order valence-corrected chi connectivity index (χ1v) is 9.92. The van der Waals surface area contributed by atoms with Crippen molar-refractivity contribution in [2.45, 2.75) is 58.9 Å². The molecule has 1 aromatic rings. The van der Waals surface area contributed by atoms with E-state index in [9.17, 15) is 4.79 Å². The van der Waals surface area contributed by atoms with Crippen molar-refractivity contribution in [1.82, 2.24) is 0 Å². The molecule has 27 heavy (non-hydrogen) atoms. The molecule has 2 rings (SSSR count). The summed E-state index contributed by atoms with van der Waals surface area (Å²) in [7, 11) is 0. The number of carbonyl (C=O) groups excluding carboxylic acids is 1. The van der Waals surface area contributed by atoms with Gasteiger partial charge in [0, 0.05) is 25.8 Å². The van der Waals surface area contributed by atoms with Crippen molar-refractivity contribution in [3.8, 4) is 0 Å². The Bertz CT molecular complexity index is 607. The molecule has 0 spiro atoms. The lowest BCUT2D eigenvalue weighted by Crippen LogP contribution is -2.42. The van der Waals surface area contributed by atoms with Crippen LogP contribution in [0.15, 0.2) is 12.1 Å². The van der Waals surface area contributed by atoms with E-state index in [0.717, 1.165) is 24.9 Å². The summed E-state index contributed by atoms with van der Waals surface area (Å²) >= 11 is 0. The zero-order chi connectivity index (χ0) is 20.0. The first-order chi connectivity index (χ1) is 12.8. The molecule has 152 valence electrons. The Morgan fingerprint density at radius 3 is 2.56 bits per heavy atom. The van der Waals surface area contributed by atoms with Gasteiger partial charge in [0.2, 0.25) is 0 Å². The van der Waals surface area contributed by atoms with Gasteiger partial charge in [-0.1, -0.05) is 20.8 Å². The monoisotopic (exact) mass is 380 g/mol. The zero-order valence-electron chi connectivity index (χ0n) is 17.0. The number of anilines is 2. The number of nitrogens with zero attached hydrogens (tertiary/aromatic N) is 1. The summed E-state index contributed by atoms with van der Waals surface area (Å²) in [4.78, 5) is 13.8. The predicted molar refractivity (Wildman–Crippen MR) is 107 cm³/mol. The van der Waals surface area contributed by atoms with Gasteiger partial charge >= 0.3 is 5.97 Å². The van der Waals surface area contributed by atoms with Gasteiger partial charge in [-0.15, -0.1) is 0 Å². The van der Waals surface area contributed by atoms with Crippen LogP contribution in [0.3, 0.4) is 0 Å².